The summed E-state index contributed by atoms with van der Waals surface area (Å²) >= 11 is 1.24. The predicted octanol–water partition coefficient (Wildman–Crippen LogP) is 3.84. The van der Waals surface area contributed by atoms with Gasteiger partial charge in [-0.1, -0.05) is 30.3 Å². The van der Waals surface area contributed by atoms with E-state index in [4.69, 9.17) is 4.74 Å². The molecule has 1 fully saturated rings. The van der Waals surface area contributed by atoms with E-state index in [1.165, 1.54) is 11.3 Å². The molecule has 0 amide bonds. The quantitative estimate of drug-likeness (QED) is 0.880. The van der Waals surface area contributed by atoms with Crippen molar-refractivity contribution in [3.05, 3.63) is 51.5 Å². The topological polar surface area (TPSA) is 59.4 Å². The molecular weight excluding hydrogens is 286 g/mol. The van der Waals surface area contributed by atoms with Gasteiger partial charge in [0.05, 0.1) is 5.69 Å². The summed E-state index contributed by atoms with van der Waals surface area (Å²) < 4.78 is 5.82. The third-order valence-electron chi connectivity index (χ3n) is 3.49. The van der Waals surface area contributed by atoms with Crippen molar-refractivity contribution < 1.29 is 14.6 Å². The molecule has 1 aliphatic rings. The molecule has 4 nitrogen and oxygen atoms in total. The number of aromatic nitrogens is 1. The van der Waals surface area contributed by atoms with Gasteiger partial charge >= 0.3 is 5.97 Å². The Morgan fingerprint density at radius 2 is 2.14 bits per heavy atom. The molecular formula is C16H17NO3S. The van der Waals surface area contributed by atoms with Crippen LogP contribution in [0.1, 0.15) is 57.7 Å². The Morgan fingerprint density at radius 1 is 1.43 bits per heavy atom. The van der Waals surface area contributed by atoms with Gasteiger partial charge < -0.3 is 9.84 Å². The standard InChI is InChI=1S/C16H17NO3S/c1-2-20-13(11-6-4-3-5-7-11)15-17-12(10-8-9-10)14(21-15)16(18)19/h3-7,10,13H,2,8-9H2,1H3,(H,18,19). The average Bonchev–Trinajstić information content (AvgIpc) is 3.24. The molecule has 110 valence electrons. The first kappa shape index (κ1) is 14.2. The molecule has 0 radical (unpaired) electrons. The molecule has 3 rings (SSSR count). The summed E-state index contributed by atoms with van der Waals surface area (Å²) in [5.41, 5.74) is 1.75. The number of hydrogen-bond acceptors (Lipinski definition) is 4. The first-order valence-corrected chi connectivity index (χ1v) is 7.92. The Kier molecular flexibility index (Phi) is 4.03. The molecule has 1 aliphatic carbocycles. The number of hydrogen-bond donors (Lipinski definition) is 1. The van der Waals surface area contributed by atoms with E-state index in [1.807, 2.05) is 37.3 Å². The molecule has 0 saturated heterocycles. The summed E-state index contributed by atoms with van der Waals surface area (Å²) in [7, 11) is 0. The lowest BCUT2D eigenvalue weighted by atomic mass is 10.1. The highest BCUT2D eigenvalue weighted by molar-refractivity contribution is 7.13. The number of thiazole rings is 1. The zero-order valence-corrected chi connectivity index (χ0v) is 12.6. The van der Waals surface area contributed by atoms with Gasteiger partial charge in [-0.25, -0.2) is 9.78 Å². The molecule has 1 aromatic carbocycles. The molecule has 2 aromatic rings. The largest absolute Gasteiger partial charge is 0.477 e. The van der Waals surface area contributed by atoms with E-state index in [-0.39, 0.29) is 6.10 Å². The monoisotopic (exact) mass is 303 g/mol. The molecule has 1 atom stereocenters. The second kappa shape index (κ2) is 5.95. The molecule has 21 heavy (non-hydrogen) atoms. The third kappa shape index (κ3) is 2.99. The number of aromatic carboxylic acids is 1. The fourth-order valence-electron chi connectivity index (χ4n) is 2.35. The van der Waals surface area contributed by atoms with Gasteiger partial charge in [-0.2, -0.15) is 0 Å². The first-order chi connectivity index (χ1) is 10.2. The van der Waals surface area contributed by atoms with Crippen LogP contribution >= 0.6 is 11.3 Å². The fraction of sp³-hybridized carbons (Fsp3) is 0.375. The van der Waals surface area contributed by atoms with Crippen LogP contribution in [0.4, 0.5) is 0 Å². The maximum Gasteiger partial charge on any atom is 0.347 e. The molecule has 1 N–H and O–H groups in total. The van der Waals surface area contributed by atoms with Crippen LogP contribution in [0.2, 0.25) is 0 Å². The van der Waals surface area contributed by atoms with Crippen LogP contribution in [-0.2, 0) is 4.74 Å². The summed E-state index contributed by atoms with van der Waals surface area (Å²) in [6.45, 7) is 2.49. The summed E-state index contributed by atoms with van der Waals surface area (Å²) in [4.78, 5) is 16.4. The van der Waals surface area contributed by atoms with E-state index >= 15 is 0 Å². The van der Waals surface area contributed by atoms with E-state index < -0.39 is 5.97 Å². The lowest BCUT2D eigenvalue weighted by molar-refractivity contribution is 0.0700. The Balaban J connectivity index is 1.99. The average molecular weight is 303 g/mol. The number of carbonyl (C=O) groups is 1. The van der Waals surface area contributed by atoms with Crippen molar-refractivity contribution in [3.8, 4) is 0 Å². The number of carboxylic acid groups (broad SMARTS) is 1. The molecule has 1 saturated carbocycles. The lowest BCUT2D eigenvalue weighted by Gasteiger charge is -2.14. The van der Waals surface area contributed by atoms with E-state index in [2.05, 4.69) is 4.98 Å². The van der Waals surface area contributed by atoms with Crippen molar-refractivity contribution >= 4 is 17.3 Å². The minimum atomic E-state index is -0.885. The van der Waals surface area contributed by atoms with Gasteiger partial charge in [0.2, 0.25) is 0 Å². The fourth-order valence-corrected chi connectivity index (χ4v) is 3.42. The lowest BCUT2D eigenvalue weighted by Crippen LogP contribution is -2.05. The molecule has 1 heterocycles. The Hall–Kier alpha value is -1.72. The SMILES string of the molecule is CCOC(c1ccccc1)c1nc(C2CC2)c(C(=O)O)s1. The second-order valence-electron chi connectivity index (χ2n) is 5.09. The van der Waals surface area contributed by atoms with Gasteiger partial charge in [-0.3, -0.25) is 0 Å². The maximum atomic E-state index is 11.4. The zero-order valence-electron chi connectivity index (χ0n) is 11.8. The molecule has 1 aromatic heterocycles. The minimum Gasteiger partial charge on any atom is -0.477 e. The summed E-state index contributed by atoms with van der Waals surface area (Å²) in [6, 6.07) is 9.83. The van der Waals surface area contributed by atoms with E-state index in [1.54, 1.807) is 0 Å². The van der Waals surface area contributed by atoms with Crippen molar-refractivity contribution in [2.75, 3.05) is 6.61 Å². The third-order valence-corrected chi connectivity index (χ3v) is 4.59. The smallest absolute Gasteiger partial charge is 0.347 e. The number of benzene rings is 1. The molecule has 5 heteroatoms. The minimum absolute atomic E-state index is 0.285. The van der Waals surface area contributed by atoms with Crippen LogP contribution in [0, 0.1) is 0 Å². The van der Waals surface area contributed by atoms with Crippen molar-refractivity contribution in [2.45, 2.75) is 31.8 Å². The molecule has 0 spiro atoms. The summed E-state index contributed by atoms with van der Waals surface area (Å²) in [5.74, 6) is -0.567. The van der Waals surface area contributed by atoms with Crippen LogP contribution in [0.3, 0.4) is 0 Å². The van der Waals surface area contributed by atoms with E-state index in [0.29, 0.717) is 17.4 Å². The van der Waals surface area contributed by atoms with Crippen molar-refractivity contribution in [1.82, 2.24) is 4.98 Å². The van der Waals surface area contributed by atoms with Gasteiger partial charge in [-0.15, -0.1) is 11.3 Å². The number of nitrogens with zero attached hydrogens (tertiary/aromatic N) is 1. The van der Waals surface area contributed by atoms with Crippen molar-refractivity contribution in [1.29, 1.82) is 0 Å². The van der Waals surface area contributed by atoms with Gasteiger partial charge in [-0.05, 0) is 25.3 Å². The van der Waals surface area contributed by atoms with Crippen molar-refractivity contribution in [3.63, 3.8) is 0 Å². The van der Waals surface area contributed by atoms with Gasteiger partial charge in [0.1, 0.15) is 16.0 Å². The van der Waals surface area contributed by atoms with Crippen molar-refractivity contribution in [2.24, 2.45) is 0 Å². The molecule has 1 unspecified atom stereocenters. The number of carboxylic acids is 1. The summed E-state index contributed by atoms with van der Waals surface area (Å²) in [6.07, 6.45) is 1.79. The van der Waals surface area contributed by atoms with Crippen LogP contribution < -0.4 is 0 Å². The summed E-state index contributed by atoms with van der Waals surface area (Å²) in [5, 5.41) is 10.1. The highest BCUT2D eigenvalue weighted by atomic mass is 32.1. The molecule has 0 aliphatic heterocycles. The normalized spacial score (nSPS) is 15.9. The van der Waals surface area contributed by atoms with Gasteiger partial charge in [0.15, 0.2) is 0 Å². The Bertz CT molecular complexity index is 634. The van der Waals surface area contributed by atoms with E-state index in [0.717, 1.165) is 29.1 Å². The van der Waals surface area contributed by atoms with Crippen LogP contribution in [0.25, 0.3) is 0 Å². The highest BCUT2D eigenvalue weighted by Gasteiger charge is 2.33. The van der Waals surface area contributed by atoms with Gasteiger partial charge in [0.25, 0.3) is 0 Å². The van der Waals surface area contributed by atoms with Crippen LogP contribution in [0.5, 0.6) is 0 Å². The van der Waals surface area contributed by atoms with E-state index in [9.17, 15) is 9.90 Å². The Morgan fingerprint density at radius 3 is 2.71 bits per heavy atom. The van der Waals surface area contributed by atoms with Crippen LogP contribution in [0.15, 0.2) is 30.3 Å². The highest BCUT2D eigenvalue weighted by Crippen LogP contribution is 2.44. The van der Waals surface area contributed by atoms with Crippen LogP contribution in [-0.4, -0.2) is 22.7 Å². The second-order valence-corrected chi connectivity index (χ2v) is 6.12. The first-order valence-electron chi connectivity index (χ1n) is 7.11. The maximum absolute atomic E-state index is 11.4. The molecule has 0 bridgehead atoms. The predicted molar refractivity (Wildman–Crippen MR) is 81.0 cm³/mol. The number of rotatable bonds is 6. The van der Waals surface area contributed by atoms with Gasteiger partial charge in [0, 0.05) is 12.5 Å². The zero-order chi connectivity index (χ0) is 14.8. The Labute approximate surface area is 127 Å². The number of ether oxygens (including phenoxy) is 1.